The minimum atomic E-state index is -2.93. The molecule has 1 aliphatic carbocycles. The smallest absolute Gasteiger partial charge is 0.305 e. The first-order valence-electron chi connectivity index (χ1n) is 16.5. The van der Waals surface area contributed by atoms with E-state index in [2.05, 4.69) is 106 Å². The SMILES string of the molecule is COC(=O)CCCC=CC[C@H]1C(=O)C[C@@H](O)[C@@H]1C=C[C@@H](O[Si](c1ccccc1)(c1ccccc1)C(C)(C)C)c1cc2ccccc2s1. The third kappa shape index (κ3) is 7.92. The Hall–Kier alpha value is -3.62. The number of unbranched alkanes of at least 4 members (excludes halogenated alkanes) is 1. The first kappa shape index (κ1) is 34.7. The van der Waals surface area contributed by atoms with E-state index in [0.29, 0.717) is 19.3 Å². The Morgan fingerprint density at radius 2 is 1.62 bits per heavy atom. The van der Waals surface area contributed by atoms with E-state index in [1.54, 1.807) is 11.3 Å². The molecule has 1 N–H and O–H groups in total. The van der Waals surface area contributed by atoms with Crippen LogP contribution in [0.2, 0.25) is 5.04 Å². The van der Waals surface area contributed by atoms with E-state index in [1.807, 2.05) is 30.4 Å². The van der Waals surface area contributed by atoms with Gasteiger partial charge in [0.25, 0.3) is 8.32 Å². The molecule has 4 aromatic rings. The van der Waals surface area contributed by atoms with Crippen molar-refractivity contribution in [2.75, 3.05) is 7.11 Å². The van der Waals surface area contributed by atoms with Crippen LogP contribution in [0.25, 0.3) is 10.1 Å². The number of ether oxygens (including phenoxy) is 1. The summed E-state index contributed by atoms with van der Waals surface area (Å²) in [5.74, 6) is -0.764. The number of aliphatic hydroxyl groups excluding tert-OH is 1. The minimum absolute atomic E-state index is 0.0812. The van der Waals surface area contributed by atoms with Gasteiger partial charge in [0.1, 0.15) is 5.78 Å². The topological polar surface area (TPSA) is 72.8 Å². The maximum absolute atomic E-state index is 13.1. The fourth-order valence-electron chi connectivity index (χ4n) is 6.80. The number of carbonyl (C=O) groups excluding carboxylic acids is 2. The van der Waals surface area contributed by atoms with E-state index in [9.17, 15) is 14.7 Å². The van der Waals surface area contributed by atoms with Crippen LogP contribution in [-0.4, -0.2) is 38.4 Å². The monoisotopic (exact) mass is 666 g/mol. The summed E-state index contributed by atoms with van der Waals surface area (Å²) in [6.07, 6.45) is 9.55. The number of Topliss-reactive ketones (excluding diaryl/α,β-unsaturated/α-hetero) is 1. The summed E-state index contributed by atoms with van der Waals surface area (Å²) in [5, 5.41) is 14.4. The molecule has 47 heavy (non-hydrogen) atoms. The number of ketones is 1. The van der Waals surface area contributed by atoms with Crippen molar-refractivity contribution in [2.24, 2.45) is 11.8 Å². The summed E-state index contributed by atoms with van der Waals surface area (Å²) in [4.78, 5) is 25.6. The molecule has 4 atom stereocenters. The van der Waals surface area contributed by atoms with Gasteiger partial charge in [-0.3, -0.25) is 9.59 Å². The van der Waals surface area contributed by atoms with Gasteiger partial charge >= 0.3 is 5.97 Å². The number of benzene rings is 3. The zero-order valence-electron chi connectivity index (χ0n) is 27.8. The number of rotatable bonds is 13. The number of hydrogen-bond donors (Lipinski definition) is 1. The fraction of sp³-hybridized carbons (Fsp3) is 0.350. The summed E-state index contributed by atoms with van der Waals surface area (Å²) in [6.45, 7) is 6.83. The van der Waals surface area contributed by atoms with Crippen molar-refractivity contribution in [3.63, 3.8) is 0 Å². The Balaban J connectivity index is 1.52. The van der Waals surface area contributed by atoms with Crippen molar-refractivity contribution in [1.29, 1.82) is 0 Å². The molecular formula is C40H46O5SSi. The second-order valence-corrected chi connectivity index (χ2v) is 18.7. The van der Waals surface area contributed by atoms with Crippen LogP contribution in [0.4, 0.5) is 0 Å². The molecule has 0 bridgehead atoms. The van der Waals surface area contributed by atoms with E-state index >= 15 is 0 Å². The summed E-state index contributed by atoms with van der Waals surface area (Å²) >= 11 is 1.73. The molecule has 5 nitrogen and oxygen atoms in total. The Morgan fingerprint density at radius 1 is 0.979 bits per heavy atom. The van der Waals surface area contributed by atoms with E-state index < -0.39 is 20.5 Å². The molecule has 1 fully saturated rings. The molecular weight excluding hydrogens is 621 g/mol. The predicted molar refractivity (Wildman–Crippen MR) is 195 cm³/mol. The average Bonchev–Trinajstić information content (AvgIpc) is 3.62. The summed E-state index contributed by atoms with van der Waals surface area (Å²) in [7, 11) is -1.53. The lowest BCUT2D eigenvalue weighted by Crippen LogP contribution is -2.66. The van der Waals surface area contributed by atoms with E-state index in [1.165, 1.54) is 27.6 Å². The number of fused-ring (bicyclic) bond motifs is 1. The van der Waals surface area contributed by atoms with Crippen molar-refractivity contribution in [3.8, 4) is 0 Å². The molecule has 0 radical (unpaired) electrons. The molecule has 0 saturated heterocycles. The maximum atomic E-state index is 13.1. The second-order valence-electron chi connectivity index (χ2n) is 13.4. The number of carbonyl (C=O) groups is 2. The fourth-order valence-corrected chi connectivity index (χ4v) is 12.6. The summed E-state index contributed by atoms with van der Waals surface area (Å²) in [5.41, 5.74) is 0. The van der Waals surface area contributed by atoms with Crippen molar-refractivity contribution in [2.45, 2.75) is 70.1 Å². The highest BCUT2D eigenvalue weighted by Crippen LogP contribution is 2.43. The number of thiophene rings is 1. The molecule has 0 amide bonds. The largest absolute Gasteiger partial charge is 0.469 e. The van der Waals surface area contributed by atoms with E-state index in [0.717, 1.165) is 11.3 Å². The van der Waals surface area contributed by atoms with Gasteiger partial charge < -0.3 is 14.3 Å². The quantitative estimate of drug-likeness (QED) is 0.0679. The lowest BCUT2D eigenvalue weighted by Gasteiger charge is -2.44. The van der Waals surface area contributed by atoms with Crippen LogP contribution in [0, 0.1) is 11.8 Å². The first-order chi connectivity index (χ1) is 22.6. The number of methoxy groups -OCH3 is 1. The van der Waals surface area contributed by atoms with Gasteiger partial charge in [-0.05, 0) is 52.2 Å². The number of hydrogen-bond acceptors (Lipinski definition) is 6. The van der Waals surface area contributed by atoms with Crippen molar-refractivity contribution >= 4 is 51.9 Å². The standard InChI is InChI=1S/C40H46O5SSi/c1-40(2,3)47(30-18-9-7-10-19-30,31-20-11-8-12-21-31)45-36(38-27-29-17-15-16-23-37(29)46-38)26-25-33-32(34(41)28-35(33)42)22-13-5-6-14-24-39(43)44-4/h5,7-13,15-21,23,25-27,32-33,35-36,42H,6,14,22,24,28H2,1-4H3/t32-,33-,35-,36-/m1/s1. The molecule has 7 heteroatoms. The Morgan fingerprint density at radius 3 is 2.23 bits per heavy atom. The van der Waals surface area contributed by atoms with Crippen LogP contribution >= 0.6 is 11.3 Å². The summed E-state index contributed by atoms with van der Waals surface area (Å²) in [6, 6.07) is 31.9. The van der Waals surface area contributed by atoms with Gasteiger partial charge in [0.15, 0.2) is 0 Å². The highest BCUT2D eigenvalue weighted by atomic mass is 32.1. The minimum Gasteiger partial charge on any atom is -0.469 e. The normalized spacial score (nSPS) is 19.6. The van der Waals surface area contributed by atoms with Crippen LogP contribution in [0.3, 0.4) is 0 Å². The molecule has 1 aromatic heterocycles. The van der Waals surface area contributed by atoms with Crippen LogP contribution < -0.4 is 10.4 Å². The Kier molecular flexibility index (Phi) is 11.5. The van der Waals surface area contributed by atoms with Crippen molar-refractivity contribution in [3.05, 3.63) is 120 Å². The third-order valence-corrected chi connectivity index (χ3v) is 15.4. The Labute approximate surface area is 284 Å². The molecule has 0 unspecified atom stereocenters. The van der Waals surface area contributed by atoms with Crippen LogP contribution in [0.15, 0.2) is 115 Å². The molecule has 5 rings (SSSR count). The van der Waals surface area contributed by atoms with Crippen molar-refractivity contribution in [1.82, 2.24) is 0 Å². The van der Waals surface area contributed by atoms with Gasteiger partial charge in [-0.1, -0.05) is 124 Å². The van der Waals surface area contributed by atoms with E-state index in [4.69, 9.17) is 9.16 Å². The van der Waals surface area contributed by atoms with E-state index in [-0.39, 0.29) is 35.0 Å². The molecule has 0 aliphatic heterocycles. The average molecular weight is 667 g/mol. The van der Waals surface area contributed by atoms with Crippen molar-refractivity contribution < 1.29 is 23.9 Å². The van der Waals surface area contributed by atoms with Gasteiger partial charge in [-0.2, -0.15) is 0 Å². The lowest BCUT2D eigenvalue weighted by atomic mass is 9.90. The van der Waals surface area contributed by atoms with Gasteiger partial charge in [0.2, 0.25) is 0 Å². The molecule has 1 saturated carbocycles. The molecule has 246 valence electrons. The second kappa shape index (κ2) is 15.5. The lowest BCUT2D eigenvalue weighted by molar-refractivity contribution is -0.140. The zero-order valence-corrected chi connectivity index (χ0v) is 29.6. The highest BCUT2D eigenvalue weighted by Gasteiger charge is 2.51. The molecule has 3 aromatic carbocycles. The van der Waals surface area contributed by atoms with Crippen LogP contribution in [0.5, 0.6) is 0 Å². The Bertz CT molecular complexity index is 1620. The van der Waals surface area contributed by atoms with Crippen LogP contribution in [0.1, 0.15) is 63.9 Å². The molecule has 1 heterocycles. The highest BCUT2D eigenvalue weighted by molar-refractivity contribution is 7.19. The zero-order chi connectivity index (χ0) is 33.4. The van der Waals surface area contributed by atoms with Crippen LogP contribution in [-0.2, 0) is 18.8 Å². The van der Waals surface area contributed by atoms with Gasteiger partial charge in [0, 0.05) is 34.3 Å². The number of esters is 1. The summed E-state index contributed by atoms with van der Waals surface area (Å²) < 4.78 is 13.6. The predicted octanol–water partition coefficient (Wildman–Crippen LogP) is 7.93. The van der Waals surface area contributed by atoms with Gasteiger partial charge in [-0.25, -0.2) is 0 Å². The molecule has 0 spiro atoms. The number of allylic oxidation sites excluding steroid dienone is 2. The van der Waals surface area contributed by atoms with Gasteiger partial charge in [-0.15, -0.1) is 11.3 Å². The first-order valence-corrected chi connectivity index (χ1v) is 19.2. The molecule has 1 aliphatic rings. The van der Waals surface area contributed by atoms with Gasteiger partial charge in [0.05, 0.1) is 19.3 Å². The number of aliphatic hydroxyl groups is 1. The third-order valence-electron chi connectivity index (χ3n) is 9.22. The maximum Gasteiger partial charge on any atom is 0.305 e.